The highest BCUT2D eigenvalue weighted by Crippen LogP contribution is 2.40. The third kappa shape index (κ3) is 4.54. The van der Waals surface area contributed by atoms with Crippen LogP contribution in [-0.4, -0.2) is 11.9 Å². The molecule has 6 N–H and O–H groups in total. The van der Waals surface area contributed by atoms with Crippen LogP contribution in [0.5, 0.6) is 0 Å². The normalized spacial score (nSPS) is 13.1. The second kappa shape index (κ2) is 5.50. The van der Waals surface area contributed by atoms with Gasteiger partial charge in [-0.3, -0.25) is 0 Å². The highest BCUT2D eigenvalue weighted by molar-refractivity contribution is 5.93. The van der Waals surface area contributed by atoms with Gasteiger partial charge in [0.2, 0.25) is 5.96 Å². The topological polar surface area (TPSA) is 103 Å². The van der Waals surface area contributed by atoms with E-state index in [-0.39, 0.29) is 6.07 Å². The van der Waals surface area contributed by atoms with Gasteiger partial charge >= 0.3 is 12.4 Å². The van der Waals surface area contributed by atoms with Crippen LogP contribution in [0.4, 0.5) is 32.0 Å². The highest BCUT2D eigenvalue weighted by atomic mass is 19.4. The SMILES string of the molecule is NC(N)=NC(N)=Nc1ccc(C(F)(F)F)cc1C(F)(F)F. The lowest BCUT2D eigenvalue weighted by Gasteiger charge is -2.13. The van der Waals surface area contributed by atoms with Gasteiger partial charge in [-0.05, 0) is 18.2 Å². The first-order valence-electron chi connectivity index (χ1n) is 5.13. The lowest BCUT2D eigenvalue weighted by atomic mass is 10.1. The Balaban J connectivity index is 3.44. The average Bonchev–Trinajstić information content (AvgIpc) is 2.24. The molecule has 5 nitrogen and oxygen atoms in total. The van der Waals surface area contributed by atoms with Crippen LogP contribution in [0, 0.1) is 0 Å². The van der Waals surface area contributed by atoms with Crippen LogP contribution in [0.15, 0.2) is 28.2 Å². The number of hydrogen-bond acceptors (Lipinski definition) is 1. The fourth-order valence-corrected chi connectivity index (χ4v) is 1.32. The maximum absolute atomic E-state index is 12.8. The monoisotopic (exact) mass is 313 g/mol. The molecule has 0 atom stereocenters. The Labute approximate surface area is 114 Å². The van der Waals surface area contributed by atoms with E-state index in [4.69, 9.17) is 17.2 Å². The molecule has 0 unspecified atom stereocenters. The first kappa shape index (κ1) is 16.6. The van der Waals surface area contributed by atoms with Crippen LogP contribution in [0.3, 0.4) is 0 Å². The van der Waals surface area contributed by atoms with E-state index in [1.54, 1.807) is 0 Å². The van der Waals surface area contributed by atoms with Gasteiger partial charge < -0.3 is 17.2 Å². The van der Waals surface area contributed by atoms with Crippen molar-refractivity contribution in [2.45, 2.75) is 12.4 Å². The number of aliphatic imine (C=N–C) groups is 2. The fourth-order valence-electron chi connectivity index (χ4n) is 1.32. The Hall–Kier alpha value is -2.46. The maximum Gasteiger partial charge on any atom is 0.418 e. The van der Waals surface area contributed by atoms with Gasteiger partial charge in [0.1, 0.15) is 0 Å². The molecule has 0 saturated carbocycles. The van der Waals surface area contributed by atoms with Gasteiger partial charge in [-0.1, -0.05) is 0 Å². The Morgan fingerprint density at radius 1 is 0.905 bits per heavy atom. The van der Waals surface area contributed by atoms with Gasteiger partial charge in [0.25, 0.3) is 0 Å². The zero-order valence-electron chi connectivity index (χ0n) is 10.1. The van der Waals surface area contributed by atoms with E-state index >= 15 is 0 Å². The summed E-state index contributed by atoms with van der Waals surface area (Å²) < 4.78 is 75.6. The number of guanidine groups is 2. The van der Waals surface area contributed by atoms with E-state index in [1.165, 1.54) is 0 Å². The number of nitrogens with zero attached hydrogens (tertiary/aromatic N) is 2. The smallest absolute Gasteiger partial charge is 0.370 e. The fraction of sp³-hybridized carbons (Fsp3) is 0.200. The third-order valence-corrected chi connectivity index (χ3v) is 2.11. The van der Waals surface area contributed by atoms with Gasteiger partial charge in [-0.2, -0.15) is 31.3 Å². The molecule has 11 heteroatoms. The van der Waals surface area contributed by atoms with Crippen LogP contribution < -0.4 is 17.2 Å². The third-order valence-electron chi connectivity index (χ3n) is 2.11. The van der Waals surface area contributed by atoms with Gasteiger partial charge in [0, 0.05) is 0 Å². The molecule has 0 saturated heterocycles. The molecule has 0 heterocycles. The molecule has 0 spiro atoms. The van der Waals surface area contributed by atoms with Gasteiger partial charge in [-0.25, -0.2) is 4.99 Å². The number of alkyl halides is 6. The maximum atomic E-state index is 12.8. The molecule has 21 heavy (non-hydrogen) atoms. The van der Waals surface area contributed by atoms with E-state index in [0.717, 1.165) is 0 Å². The van der Waals surface area contributed by atoms with Crippen molar-refractivity contribution >= 4 is 17.6 Å². The van der Waals surface area contributed by atoms with Gasteiger partial charge in [0.05, 0.1) is 16.8 Å². The number of rotatable bonds is 1. The second-order valence-corrected chi connectivity index (χ2v) is 3.73. The molecule has 0 aromatic heterocycles. The minimum absolute atomic E-state index is 0.0678. The zero-order valence-corrected chi connectivity index (χ0v) is 10.1. The molecule has 116 valence electrons. The second-order valence-electron chi connectivity index (χ2n) is 3.73. The molecule has 0 amide bonds. The molecule has 1 rings (SSSR count). The Kier molecular flexibility index (Phi) is 4.35. The molecule has 1 aromatic rings. The highest BCUT2D eigenvalue weighted by Gasteiger charge is 2.38. The van der Waals surface area contributed by atoms with Crippen LogP contribution in [0.25, 0.3) is 0 Å². The predicted molar refractivity (Wildman–Crippen MR) is 63.5 cm³/mol. The summed E-state index contributed by atoms with van der Waals surface area (Å²) >= 11 is 0. The first-order valence-corrected chi connectivity index (χ1v) is 5.13. The quantitative estimate of drug-likeness (QED) is 0.419. The van der Waals surface area contributed by atoms with Crippen LogP contribution in [-0.2, 0) is 12.4 Å². The summed E-state index contributed by atoms with van der Waals surface area (Å²) in [6.07, 6.45) is -9.98. The molecular formula is C10H9F6N5. The van der Waals surface area contributed by atoms with E-state index in [9.17, 15) is 26.3 Å². The molecule has 0 aliphatic heterocycles. The molecule has 1 aromatic carbocycles. The van der Waals surface area contributed by atoms with Crippen molar-refractivity contribution < 1.29 is 26.3 Å². The standard InChI is InChI=1S/C10H9F6N5/c11-9(12,13)4-1-2-6(5(3-4)10(14,15)16)20-8(19)21-7(17)18/h1-3H,(H6,17,18,19,20,21). The summed E-state index contributed by atoms with van der Waals surface area (Å²) in [4.78, 5) is 6.43. The minimum atomic E-state index is -5.06. The van der Waals surface area contributed by atoms with Crippen molar-refractivity contribution in [1.82, 2.24) is 0 Å². The average molecular weight is 313 g/mol. The number of benzene rings is 1. The van der Waals surface area contributed by atoms with E-state index in [1.807, 2.05) is 0 Å². The molecule has 0 bridgehead atoms. The van der Waals surface area contributed by atoms with E-state index < -0.39 is 41.1 Å². The lowest BCUT2D eigenvalue weighted by Crippen LogP contribution is -2.26. The Bertz CT molecular complexity index is 583. The molecule has 0 radical (unpaired) electrons. The van der Waals surface area contributed by atoms with Crippen LogP contribution >= 0.6 is 0 Å². The van der Waals surface area contributed by atoms with Crippen LogP contribution in [0.2, 0.25) is 0 Å². The predicted octanol–water partition coefficient (Wildman–Crippen LogP) is 1.94. The Morgan fingerprint density at radius 2 is 1.48 bits per heavy atom. The number of nitrogens with two attached hydrogens (primary N) is 3. The van der Waals surface area contributed by atoms with Crippen LogP contribution in [0.1, 0.15) is 11.1 Å². The van der Waals surface area contributed by atoms with E-state index in [2.05, 4.69) is 9.98 Å². The Morgan fingerprint density at radius 3 is 1.90 bits per heavy atom. The lowest BCUT2D eigenvalue weighted by molar-refractivity contribution is -0.142. The van der Waals surface area contributed by atoms with Crippen molar-refractivity contribution in [1.29, 1.82) is 0 Å². The summed E-state index contributed by atoms with van der Waals surface area (Å²) in [6.45, 7) is 0. The minimum Gasteiger partial charge on any atom is -0.370 e. The summed E-state index contributed by atoms with van der Waals surface area (Å²) in [5, 5.41) is 0. The summed E-state index contributed by atoms with van der Waals surface area (Å²) in [6, 6.07) is 0.902. The van der Waals surface area contributed by atoms with Crippen molar-refractivity contribution in [3.05, 3.63) is 29.3 Å². The summed E-state index contributed by atoms with van der Waals surface area (Å²) in [5.41, 5.74) is 11.1. The summed E-state index contributed by atoms with van der Waals surface area (Å²) in [5.74, 6) is -1.28. The number of halogens is 6. The van der Waals surface area contributed by atoms with Gasteiger partial charge in [-0.15, -0.1) is 0 Å². The number of hydrogen-bond donors (Lipinski definition) is 3. The molecule has 0 aliphatic carbocycles. The van der Waals surface area contributed by atoms with Gasteiger partial charge in [0.15, 0.2) is 5.96 Å². The molecule has 0 aliphatic rings. The summed E-state index contributed by atoms with van der Waals surface area (Å²) in [7, 11) is 0. The van der Waals surface area contributed by atoms with Crippen molar-refractivity contribution in [2.75, 3.05) is 0 Å². The van der Waals surface area contributed by atoms with Crippen molar-refractivity contribution in [2.24, 2.45) is 27.2 Å². The largest absolute Gasteiger partial charge is 0.418 e. The van der Waals surface area contributed by atoms with Crippen molar-refractivity contribution in [3.63, 3.8) is 0 Å². The molecular weight excluding hydrogens is 304 g/mol. The van der Waals surface area contributed by atoms with Crippen molar-refractivity contribution in [3.8, 4) is 0 Å². The first-order chi connectivity index (χ1) is 9.41. The van der Waals surface area contributed by atoms with E-state index in [0.29, 0.717) is 12.1 Å². The molecule has 0 fully saturated rings. The zero-order chi connectivity index (χ0) is 16.4.